The molecule has 0 radical (unpaired) electrons. The number of amides is 1. The summed E-state index contributed by atoms with van der Waals surface area (Å²) in [4.78, 5) is 22.5. The maximum Gasteiger partial charge on any atom is 0.293 e. The molecular weight excluding hydrogens is 432 g/mol. The summed E-state index contributed by atoms with van der Waals surface area (Å²) in [6, 6.07) is 10.3. The average Bonchev–Trinajstić information content (AvgIpc) is 2.66. The fourth-order valence-corrected chi connectivity index (χ4v) is 3.51. The SMILES string of the molecule is CC(C)C(NC(=O)CCNc1ccc(S(N)(=O)=O)cc1[N+](=O)[O-])c1ccc(Cl)cc1. The van der Waals surface area contributed by atoms with Crippen molar-refractivity contribution in [1.82, 2.24) is 5.32 Å². The fourth-order valence-electron chi connectivity index (χ4n) is 2.85. The average molecular weight is 455 g/mol. The van der Waals surface area contributed by atoms with Crippen molar-refractivity contribution in [3.05, 3.63) is 63.2 Å². The van der Waals surface area contributed by atoms with Crippen LogP contribution >= 0.6 is 11.6 Å². The number of nitro groups is 1. The minimum atomic E-state index is -4.06. The van der Waals surface area contributed by atoms with Crippen molar-refractivity contribution in [1.29, 1.82) is 0 Å². The number of carbonyl (C=O) groups is 1. The molecule has 9 nitrogen and oxygen atoms in total. The Hall–Kier alpha value is -2.69. The third-order valence-electron chi connectivity index (χ3n) is 4.37. The highest BCUT2D eigenvalue weighted by Crippen LogP contribution is 2.27. The number of nitrogens with one attached hydrogen (secondary N) is 2. The first-order valence-corrected chi connectivity index (χ1v) is 11.0. The first-order valence-electron chi connectivity index (χ1n) is 9.09. The highest BCUT2D eigenvalue weighted by atomic mass is 35.5. The molecule has 4 N–H and O–H groups in total. The first-order chi connectivity index (χ1) is 14.0. The van der Waals surface area contributed by atoms with E-state index in [-0.39, 0.29) is 41.4 Å². The van der Waals surface area contributed by atoms with Crippen molar-refractivity contribution in [3.63, 3.8) is 0 Å². The van der Waals surface area contributed by atoms with E-state index in [0.29, 0.717) is 5.02 Å². The van der Waals surface area contributed by atoms with Crippen molar-refractivity contribution in [3.8, 4) is 0 Å². The van der Waals surface area contributed by atoms with Gasteiger partial charge < -0.3 is 10.6 Å². The zero-order chi connectivity index (χ0) is 22.5. The van der Waals surface area contributed by atoms with Crippen LogP contribution in [0.15, 0.2) is 47.4 Å². The van der Waals surface area contributed by atoms with Gasteiger partial charge in [-0.25, -0.2) is 13.6 Å². The molecule has 0 aliphatic rings. The number of hydrogen-bond donors (Lipinski definition) is 3. The van der Waals surface area contributed by atoms with Gasteiger partial charge in [0.25, 0.3) is 5.69 Å². The summed E-state index contributed by atoms with van der Waals surface area (Å²) in [6.07, 6.45) is 0.0604. The Balaban J connectivity index is 2.02. The summed E-state index contributed by atoms with van der Waals surface area (Å²) in [7, 11) is -4.06. The lowest BCUT2D eigenvalue weighted by Gasteiger charge is -2.23. The van der Waals surface area contributed by atoms with E-state index in [1.54, 1.807) is 12.1 Å². The van der Waals surface area contributed by atoms with Crippen LogP contribution in [-0.4, -0.2) is 25.8 Å². The van der Waals surface area contributed by atoms with Crippen LogP contribution in [0.1, 0.15) is 31.9 Å². The number of nitrogens with two attached hydrogens (primary N) is 1. The van der Waals surface area contributed by atoms with Crippen molar-refractivity contribution in [2.45, 2.75) is 31.2 Å². The van der Waals surface area contributed by atoms with E-state index in [4.69, 9.17) is 16.7 Å². The number of hydrogen-bond acceptors (Lipinski definition) is 6. The highest BCUT2D eigenvalue weighted by molar-refractivity contribution is 7.89. The predicted molar refractivity (Wildman–Crippen MR) is 115 cm³/mol. The second kappa shape index (κ2) is 9.88. The Labute approximate surface area is 179 Å². The molecule has 2 aromatic rings. The monoisotopic (exact) mass is 454 g/mol. The normalized spacial score (nSPS) is 12.4. The Kier molecular flexibility index (Phi) is 7.77. The van der Waals surface area contributed by atoms with Crippen LogP contribution in [0.4, 0.5) is 11.4 Å². The minimum Gasteiger partial charge on any atom is -0.379 e. The van der Waals surface area contributed by atoms with Crippen LogP contribution in [-0.2, 0) is 14.8 Å². The van der Waals surface area contributed by atoms with Gasteiger partial charge in [0.1, 0.15) is 5.69 Å². The molecule has 0 aliphatic carbocycles. The van der Waals surface area contributed by atoms with Gasteiger partial charge in [0.15, 0.2) is 0 Å². The van der Waals surface area contributed by atoms with Crippen LogP contribution in [0.25, 0.3) is 0 Å². The predicted octanol–water partition coefficient (Wildman–Crippen LogP) is 3.21. The molecule has 1 amide bonds. The van der Waals surface area contributed by atoms with E-state index in [9.17, 15) is 23.3 Å². The van der Waals surface area contributed by atoms with E-state index >= 15 is 0 Å². The molecule has 30 heavy (non-hydrogen) atoms. The number of carbonyl (C=O) groups excluding carboxylic acids is 1. The topological polar surface area (TPSA) is 144 Å². The molecule has 2 aromatic carbocycles. The Morgan fingerprint density at radius 1 is 1.20 bits per heavy atom. The third kappa shape index (κ3) is 6.41. The Morgan fingerprint density at radius 2 is 1.83 bits per heavy atom. The maximum atomic E-state index is 12.4. The van der Waals surface area contributed by atoms with Gasteiger partial charge in [-0.05, 0) is 35.7 Å². The lowest BCUT2D eigenvalue weighted by Crippen LogP contribution is -2.32. The van der Waals surface area contributed by atoms with E-state index < -0.39 is 20.6 Å². The van der Waals surface area contributed by atoms with E-state index in [1.807, 2.05) is 26.0 Å². The van der Waals surface area contributed by atoms with Gasteiger partial charge >= 0.3 is 0 Å². The number of benzene rings is 2. The van der Waals surface area contributed by atoms with Crippen LogP contribution in [0, 0.1) is 16.0 Å². The molecule has 0 aliphatic heterocycles. The van der Waals surface area contributed by atoms with Crippen molar-refractivity contribution in [2.75, 3.05) is 11.9 Å². The molecular formula is C19H23ClN4O5S. The lowest BCUT2D eigenvalue weighted by atomic mass is 9.96. The smallest absolute Gasteiger partial charge is 0.293 e. The summed E-state index contributed by atoms with van der Waals surface area (Å²) in [5.74, 6) is -0.102. The van der Waals surface area contributed by atoms with E-state index in [0.717, 1.165) is 11.6 Å². The van der Waals surface area contributed by atoms with Crippen molar-refractivity contribution in [2.24, 2.45) is 11.1 Å². The van der Waals surface area contributed by atoms with Crippen molar-refractivity contribution >= 4 is 38.9 Å². The number of sulfonamides is 1. The molecule has 11 heteroatoms. The number of rotatable bonds is 9. The molecule has 0 aromatic heterocycles. The van der Waals surface area contributed by atoms with Crippen LogP contribution in [0.3, 0.4) is 0 Å². The molecule has 1 atom stereocenters. The second-order valence-corrected chi connectivity index (χ2v) is 9.00. The van der Waals surface area contributed by atoms with E-state index in [2.05, 4.69) is 10.6 Å². The number of anilines is 1. The van der Waals surface area contributed by atoms with E-state index in [1.165, 1.54) is 12.1 Å². The molecule has 162 valence electrons. The molecule has 0 saturated heterocycles. The summed E-state index contributed by atoms with van der Waals surface area (Å²) in [5.41, 5.74) is 0.575. The van der Waals surface area contributed by atoms with Gasteiger partial charge in [-0.1, -0.05) is 37.6 Å². The number of halogens is 1. The molecule has 0 fully saturated rings. The van der Waals surface area contributed by atoms with Crippen LogP contribution < -0.4 is 15.8 Å². The van der Waals surface area contributed by atoms with Crippen LogP contribution in [0.5, 0.6) is 0 Å². The summed E-state index contributed by atoms with van der Waals surface area (Å²) >= 11 is 5.91. The Bertz CT molecular complexity index is 1030. The molecule has 0 heterocycles. The zero-order valence-corrected chi connectivity index (χ0v) is 18.0. The summed E-state index contributed by atoms with van der Waals surface area (Å²) < 4.78 is 22.8. The number of nitrogens with zero attached hydrogens (tertiary/aromatic N) is 1. The van der Waals surface area contributed by atoms with Gasteiger partial charge in [-0.15, -0.1) is 0 Å². The van der Waals surface area contributed by atoms with Gasteiger partial charge in [0, 0.05) is 24.1 Å². The molecule has 0 spiro atoms. The first kappa shape index (κ1) is 23.6. The van der Waals surface area contributed by atoms with Crippen LogP contribution in [0.2, 0.25) is 5.02 Å². The lowest BCUT2D eigenvalue weighted by molar-refractivity contribution is -0.384. The maximum absolute atomic E-state index is 12.4. The third-order valence-corrected chi connectivity index (χ3v) is 5.54. The molecule has 2 rings (SSSR count). The largest absolute Gasteiger partial charge is 0.379 e. The number of primary sulfonamides is 1. The number of nitro benzene ring substituents is 1. The molecule has 0 bridgehead atoms. The van der Waals surface area contributed by atoms with Crippen molar-refractivity contribution < 1.29 is 18.1 Å². The highest BCUT2D eigenvalue weighted by Gasteiger charge is 2.20. The van der Waals surface area contributed by atoms with Gasteiger partial charge in [0.05, 0.1) is 15.9 Å². The molecule has 0 saturated carbocycles. The Morgan fingerprint density at radius 3 is 2.37 bits per heavy atom. The van der Waals surface area contributed by atoms with Gasteiger partial charge in [-0.3, -0.25) is 14.9 Å². The van der Waals surface area contributed by atoms with Gasteiger partial charge in [0.2, 0.25) is 15.9 Å². The second-order valence-electron chi connectivity index (χ2n) is 7.00. The quantitative estimate of drug-likeness (QED) is 0.392. The van der Waals surface area contributed by atoms with Gasteiger partial charge in [-0.2, -0.15) is 0 Å². The standard InChI is InChI=1S/C19H23ClN4O5S/c1-12(2)19(13-3-5-14(20)6-4-13)23-18(25)9-10-22-16-8-7-15(30(21,28)29)11-17(16)24(26)27/h3-8,11-12,19,22H,9-10H2,1-2H3,(H,23,25)(H2,21,28,29). The summed E-state index contributed by atoms with van der Waals surface area (Å²) in [5, 5.41) is 22.6. The molecule has 1 unspecified atom stereocenters. The fraction of sp³-hybridized carbons (Fsp3) is 0.316. The zero-order valence-electron chi connectivity index (χ0n) is 16.5. The summed E-state index contributed by atoms with van der Waals surface area (Å²) in [6.45, 7) is 4.08. The minimum absolute atomic E-state index is 0.0604.